The van der Waals surface area contributed by atoms with Gasteiger partial charge in [0.15, 0.2) is 0 Å². The number of amides is 1. The van der Waals surface area contributed by atoms with E-state index in [2.05, 4.69) is 26.0 Å². The van der Waals surface area contributed by atoms with Crippen LogP contribution in [0.15, 0.2) is 76.1 Å². The Morgan fingerprint density at radius 3 is 2.41 bits per heavy atom. The van der Waals surface area contributed by atoms with Crippen LogP contribution in [0.2, 0.25) is 5.02 Å². The van der Waals surface area contributed by atoms with E-state index in [9.17, 15) is 13.2 Å². The van der Waals surface area contributed by atoms with Crippen LogP contribution in [0.1, 0.15) is 10.4 Å². The minimum Gasteiger partial charge on any atom is -0.495 e. The summed E-state index contributed by atoms with van der Waals surface area (Å²) in [5.41, 5.74) is 0.963. The van der Waals surface area contributed by atoms with Crippen molar-refractivity contribution in [3.05, 3.63) is 81.8 Å². The summed E-state index contributed by atoms with van der Waals surface area (Å²) in [5.74, 6) is -0.121. The summed E-state index contributed by atoms with van der Waals surface area (Å²) in [4.78, 5) is 12.5. The smallest absolute Gasteiger partial charge is 0.261 e. The lowest BCUT2D eigenvalue weighted by atomic mass is 10.2. The highest BCUT2D eigenvalue weighted by atomic mass is 79.9. The van der Waals surface area contributed by atoms with Gasteiger partial charge in [-0.25, -0.2) is 8.42 Å². The molecule has 0 saturated carbocycles. The van der Waals surface area contributed by atoms with Crippen molar-refractivity contribution < 1.29 is 17.9 Å². The fraction of sp³-hybridized carbons (Fsp3) is 0.0500. The Balaban J connectivity index is 1.89. The lowest BCUT2D eigenvalue weighted by molar-refractivity contribution is 0.102. The maximum Gasteiger partial charge on any atom is 0.261 e. The van der Waals surface area contributed by atoms with Crippen LogP contribution in [0.5, 0.6) is 5.75 Å². The van der Waals surface area contributed by atoms with Crippen LogP contribution >= 0.6 is 27.5 Å². The highest BCUT2D eigenvalue weighted by Crippen LogP contribution is 2.29. The van der Waals surface area contributed by atoms with Crippen molar-refractivity contribution in [1.29, 1.82) is 0 Å². The van der Waals surface area contributed by atoms with Crippen LogP contribution < -0.4 is 14.8 Å². The zero-order valence-corrected chi connectivity index (χ0v) is 18.3. The summed E-state index contributed by atoms with van der Waals surface area (Å²) in [6, 6.07) is 17.3. The molecule has 0 radical (unpaired) electrons. The van der Waals surface area contributed by atoms with E-state index in [1.807, 2.05) is 0 Å². The molecular weight excluding hydrogens is 480 g/mol. The number of sulfonamides is 1. The quantitative estimate of drug-likeness (QED) is 0.494. The lowest BCUT2D eigenvalue weighted by Gasteiger charge is -2.13. The molecule has 0 saturated heterocycles. The van der Waals surface area contributed by atoms with E-state index in [4.69, 9.17) is 16.3 Å². The molecule has 0 aromatic heterocycles. The van der Waals surface area contributed by atoms with Gasteiger partial charge in [0.25, 0.3) is 15.9 Å². The molecule has 0 heterocycles. The van der Waals surface area contributed by atoms with Gasteiger partial charge >= 0.3 is 0 Å². The number of hydrogen-bond donors (Lipinski definition) is 2. The van der Waals surface area contributed by atoms with Crippen molar-refractivity contribution in [2.45, 2.75) is 4.90 Å². The Kier molecular flexibility index (Phi) is 6.46. The van der Waals surface area contributed by atoms with Crippen molar-refractivity contribution >= 4 is 54.8 Å². The molecule has 150 valence electrons. The highest BCUT2D eigenvalue weighted by molar-refractivity contribution is 9.10. The largest absolute Gasteiger partial charge is 0.495 e. The average Bonchev–Trinajstić information content (AvgIpc) is 2.69. The minimum atomic E-state index is -3.87. The fourth-order valence-electron chi connectivity index (χ4n) is 2.51. The van der Waals surface area contributed by atoms with E-state index in [0.29, 0.717) is 22.0 Å². The van der Waals surface area contributed by atoms with Crippen molar-refractivity contribution in [3.8, 4) is 5.75 Å². The molecule has 0 aliphatic rings. The van der Waals surface area contributed by atoms with E-state index in [1.165, 1.54) is 31.4 Å². The predicted octanol–water partition coefficient (Wildman–Crippen LogP) is 5.16. The molecule has 29 heavy (non-hydrogen) atoms. The first kappa shape index (κ1) is 21.2. The third-order valence-electron chi connectivity index (χ3n) is 3.91. The first-order chi connectivity index (χ1) is 13.8. The number of methoxy groups -OCH3 is 1. The van der Waals surface area contributed by atoms with Gasteiger partial charge in [-0.15, -0.1) is 0 Å². The highest BCUT2D eigenvalue weighted by Gasteiger charge is 2.18. The van der Waals surface area contributed by atoms with Gasteiger partial charge < -0.3 is 10.1 Å². The number of halogens is 2. The number of carbonyl (C=O) groups excluding carboxylic acids is 1. The molecular formula is C20H16BrClN2O4S. The van der Waals surface area contributed by atoms with Crippen LogP contribution in [-0.2, 0) is 10.0 Å². The number of ether oxygens (including phenoxy) is 1. The molecule has 3 rings (SSSR count). The zero-order chi connectivity index (χ0) is 21.0. The second-order valence-corrected chi connectivity index (χ2v) is 8.97. The SMILES string of the molecule is COc1ccc(S(=O)(=O)Nc2ccc(Br)cc2)cc1NC(=O)c1cccc(Cl)c1. The predicted molar refractivity (Wildman–Crippen MR) is 117 cm³/mol. The van der Waals surface area contributed by atoms with Crippen molar-refractivity contribution in [3.63, 3.8) is 0 Å². The number of rotatable bonds is 6. The van der Waals surface area contributed by atoms with Gasteiger partial charge in [0.1, 0.15) is 5.75 Å². The number of hydrogen-bond acceptors (Lipinski definition) is 4. The van der Waals surface area contributed by atoms with Gasteiger partial charge in [0.2, 0.25) is 0 Å². The van der Waals surface area contributed by atoms with Gasteiger partial charge in [0, 0.05) is 20.7 Å². The molecule has 0 atom stereocenters. The van der Waals surface area contributed by atoms with Gasteiger partial charge in [-0.2, -0.15) is 0 Å². The van der Waals surface area contributed by atoms with Crippen molar-refractivity contribution in [2.75, 3.05) is 17.1 Å². The second-order valence-electron chi connectivity index (χ2n) is 5.94. The molecule has 1 amide bonds. The second kappa shape index (κ2) is 8.86. The monoisotopic (exact) mass is 494 g/mol. The summed E-state index contributed by atoms with van der Waals surface area (Å²) < 4.78 is 34.1. The Morgan fingerprint density at radius 1 is 1.03 bits per heavy atom. The van der Waals surface area contributed by atoms with Crippen molar-refractivity contribution in [2.24, 2.45) is 0 Å². The number of benzene rings is 3. The number of nitrogens with one attached hydrogen (secondary N) is 2. The zero-order valence-electron chi connectivity index (χ0n) is 15.1. The average molecular weight is 496 g/mol. The molecule has 3 aromatic carbocycles. The Labute approximate surface area is 182 Å². The summed E-state index contributed by atoms with van der Waals surface area (Å²) in [5, 5.41) is 3.08. The van der Waals surface area contributed by atoms with E-state index in [-0.39, 0.29) is 10.6 Å². The first-order valence-electron chi connectivity index (χ1n) is 8.32. The summed E-state index contributed by atoms with van der Waals surface area (Å²) in [6.07, 6.45) is 0. The first-order valence-corrected chi connectivity index (χ1v) is 11.0. The molecule has 0 fully saturated rings. The maximum absolute atomic E-state index is 12.7. The molecule has 0 aliphatic heterocycles. The van der Waals surface area contributed by atoms with Gasteiger partial charge in [-0.05, 0) is 60.7 Å². The maximum atomic E-state index is 12.7. The minimum absolute atomic E-state index is 0.0254. The van der Waals surface area contributed by atoms with Gasteiger partial charge in [-0.1, -0.05) is 33.6 Å². The standard InChI is InChI=1S/C20H16BrClN2O4S/c1-28-19-10-9-17(29(26,27)24-16-7-5-14(21)6-8-16)12-18(19)23-20(25)13-3-2-4-15(22)11-13/h2-12,24H,1H3,(H,23,25). The van der Waals surface area contributed by atoms with Crippen LogP contribution in [0.25, 0.3) is 0 Å². The van der Waals surface area contributed by atoms with Crippen LogP contribution in [0, 0.1) is 0 Å². The number of anilines is 2. The van der Waals surface area contributed by atoms with E-state index < -0.39 is 15.9 Å². The van der Waals surface area contributed by atoms with Crippen molar-refractivity contribution in [1.82, 2.24) is 0 Å². The summed E-state index contributed by atoms with van der Waals surface area (Å²) in [6.45, 7) is 0. The summed E-state index contributed by atoms with van der Waals surface area (Å²) in [7, 11) is -2.44. The Morgan fingerprint density at radius 2 is 1.76 bits per heavy atom. The normalized spacial score (nSPS) is 11.0. The third-order valence-corrected chi connectivity index (χ3v) is 6.06. The number of carbonyl (C=O) groups is 1. The van der Waals surface area contributed by atoms with Gasteiger partial charge in [0.05, 0.1) is 17.7 Å². The fourth-order valence-corrected chi connectivity index (χ4v) is 4.05. The van der Waals surface area contributed by atoms with E-state index >= 15 is 0 Å². The molecule has 0 spiro atoms. The van der Waals surface area contributed by atoms with Crippen LogP contribution in [0.4, 0.5) is 11.4 Å². The van der Waals surface area contributed by atoms with Crippen LogP contribution in [-0.4, -0.2) is 21.4 Å². The lowest BCUT2D eigenvalue weighted by Crippen LogP contribution is -2.15. The molecule has 0 bridgehead atoms. The molecule has 6 nitrogen and oxygen atoms in total. The van der Waals surface area contributed by atoms with E-state index in [1.54, 1.807) is 42.5 Å². The molecule has 2 N–H and O–H groups in total. The van der Waals surface area contributed by atoms with Gasteiger partial charge in [-0.3, -0.25) is 9.52 Å². The third kappa shape index (κ3) is 5.29. The Bertz CT molecular complexity index is 1150. The Hall–Kier alpha value is -2.55. The molecule has 0 aliphatic carbocycles. The van der Waals surface area contributed by atoms with Crippen LogP contribution in [0.3, 0.4) is 0 Å². The van der Waals surface area contributed by atoms with E-state index in [0.717, 1.165) is 4.47 Å². The molecule has 3 aromatic rings. The topological polar surface area (TPSA) is 84.5 Å². The molecule has 9 heteroatoms. The molecule has 0 unspecified atom stereocenters. The summed E-state index contributed by atoms with van der Waals surface area (Å²) >= 11 is 9.23.